The standard InChI is InChI=1S/C17H23NO5/c1-3-13-6-4-5-12(2)17(13)23-16(21)11-18-7-8-22-14(10-18)9-15(19)20/h4-6,14H,3,7-11H2,1-2H3,(H,19,20). The Balaban J connectivity index is 1.93. The number of aryl methyl sites for hydroxylation is 2. The predicted molar refractivity (Wildman–Crippen MR) is 84.6 cm³/mol. The van der Waals surface area contributed by atoms with Gasteiger partial charge < -0.3 is 14.6 Å². The Bertz CT molecular complexity index is 572. The first-order chi connectivity index (χ1) is 11.0. The van der Waals surface area contributed by atoms with Crippen molar-refractivity contribution in [1.29, 1.82) is 0 Å². The Morgan fingerprint density at radius 3 is 2.91 bits per heavy atom. The molecule has 1 heterocycles. The van der Waals surface area contributed by atoms with E-state index in [1.165, 1.54) is 0 Å². The number of benzene rings is 1. The second-order valence-corrected chi connectivity index (χ2v) is 5.72. The summed E-state index contributed by atoms with van der Waals surface area (Å²) >= 11 is 0. The highest BCUT2D eigenvalue weighted by Gasteiger charge is 2.25. The molecule has 1 aromatic carbocycles. The molecule has 0 amide bonds. The molecule has 1 aliphatic rings. The second-order valence-electron chi connectivity index (χ2n) is 5.72. The number of carbonyl (C=O) groups is 2. The topological polar surface area (TPSA) is 76.1 Å². The molecule has 1 fully saturated rings. The molecule has 0 spiro atoms. The van der Waals surface area contributed by atoms with Gasteiger partial charge in [-0.3, -0.25) is 14.5 Å². The Kier molecular flexibility index (Phi) is 6.12. The van der Waals surface area contributed by atoms with Crippen LogP contribution in [-0.2, 0) is 20.7 Å². The number of morpholine rings is 1. The average Bonchev–Trinajstić information content (AvgIpc) is 2.49. The lowest BCUT2D eigenvalue weighted by Gasteiger charge is -2.31. The Labute approximate surface area is 136 Å². The Morgan fingerprint density at radius 2 is 2.22 bits per heavy atom. The third-order valence-corrected chi connectivity index (χ3v) is 3.87. The van der Waals surface area contributed by atoms with Crippen molar-refractivity contribution in [3.8, 4) is 5.75 Å². The minimum atomic E-state index is -0.896. The summed E-state index contributed by atoms with van der Waals surface area (Å²) in [5.41, 5.74) is 1.94. The number of hydrogen-bond acceptors (Lipinski definition) is 5. The number of nitrogens with zero attached hydrogens (tertiary/aromatic N) is 1. The number of rotatable bonds is 6. The van der Waals surface area contributed by atoms with Gasteiger partial charge in [0.15, 0.2) is 0 Å². The molecule has 0 aromatic heterocycles. The quantitative estimate of drug-likeness (QED) is 0.634. The van der Waals surface area contributed by atoms with Crippen molar-refractivity contribution in [2.75, 3.05) is 26.2 Å². The van der Waals surface area contributed by atoms with E-state index in [0.717, 1.165) is 17.5 Å². The number of carboxylic acids is 1. The number of aliphatic carboxylic acids is 1. The SMILES string of the molecule is CCc1cccc(C)c1OC(=O)CN1CCOC(CC(=O)O)C1. The predicted octanol–water partition coefficient (Wildman–Crippen LogP) is 1.64. The summed E-state index contributed by atoms with van der Waals surface area (Å²) < 4.78 is 10.9. The Morgan fingerprint density at radius 1 is 1.43 bits per heavy atom. The highest BCUT2D eigenvalue weighted by atomic mass is 16.5. The van der Waals surface area contributed by atoms with Crippen LogP contribution in [0.3, 0.4) is 0 Å². The number of carboxylic acid groups (broad SMARTS) is 1. The van der Waals surface area contributed by atoms with Gasteiger partial charge in [-0.1, -0.05) is 25.1 Å². The molecule has 1 unspecified atom stereocenters. The van der Waals surface area contributed by atoms with Gasteiger partial charge in [-0.25, -0.2) is 0 Å². The van der Waals surface area contributed by atoms with Crippen LogP contribution in [0.25, 0.3) is 0 Å². The van der Waals surface area contributed by atoms with Crippen molar-refractivity contribution >= 4 is 11.9 Å². The first-order valence-electron chi connectivity index (χ1n) is 7.84. The molecule has 6 heteroatoms. The summed E-state index contributed by atoms with van der Waals surface area (Å²) in [7, 11) is 0. The molecular weight excluding hydrogens is 298 g/mol. The van der Waals surface area contributed by atoms with Crippen molar-refractivity contribution < 1.29 is 24.2 Å². The van der Waals surface area contributed by atoms with Crippen molar-refractivity contribution in [2.45, 2.75) is 32.8 Å². The number of carbonyl (C=O) groups excluding carboxylic acids is 1. The van der Waals surface area contributed by atoms with Crippen molar-refractivity contribution in [3.05, 3.63) is 29.3 Å². The largest absolute Gasteiger partial charge is 0.481 e. The van der Waals surface area contributed by atoms with E-state index in [1.54, 1.807) is 0 Å². The molecule has 1 atom stereocenters. The van der Waals surface area contributed by atoms with Crippen LogP contribution in [0.1, 0.15) is 24.5 Å². The van der Waals surface area contributed by atoms with E-state index in [-0.39, 0.29) is 25.0 Å². The molecular formula is C17H23NO5. The maximum absolute atomic E-state index is 12.2. The van der Waals surface area contributed by atoms with Crippen molar-refractivity contribution in [1.82, 2.24) is 4.90 Å². The van der Waals surface area contributed by atoms with Crippen molar-refractivity contribution in [3.63, 3.8) is 0 Å². The lowest BCUT2D eigenvalue weighted by Crippen LogP contribution is -2.46. The summed E-state index contributed by atoms with van der Waals surface area (Å²) in [5.74, 6) is -0.591. The molecule has 1 saturated heterocycles. The zero-order valence-corrected chi connectivity index (χ0v) is 13.6. The molecule has 1 aromatic rings. The molecule has 6 nitrogen and oxygen atoms in total. The summed E-state index contributed by atoms with van der Waals surface area (Å²) in [4.78, 5) is 24.8. The number of hydrogen-bond donors (Lipinski definition) is 1. The maximum atomic E-state index is 12.2. The van der Waals surface area contributed by atoms with Crippen LogP contribution >= 0.6 is 0 Å². The fourth-order valence-corrected chi connectivity index (χ4v) is 2.71. The van der Waals surface area contributed by atoms with Gasteiger partial charge in [0.25, 0.3) is 0 Å². The van der Waals surface area contributed by atoms with Gasteiger partial charge in [0.1, 0.15) is 5.75 Å². The molecule has 0 saturated carbocycles. The van der Waals surface area contributed by atoms with Gasteiger partial charge in [-0.05, 0) is 24.5 Å². The van der Waals surface area contributed by atoms with Gasteiger partial charge in [0, 0.05) is 13.1 Å². The molecule has 23 heavy (non-hydrogen) atoms. The Hall–Kier alpha value is -1.92. The highest BCUT2D eigenvalue weighted by Crippen LogP contribution is 2.24. The number of ether oxygens (including phenoxy) is 2. The molecule has 1 aliphatic heterocycles. The van der Waals surface area contributed by atoms with Crippen LogP contribution in [0.4, 0.5) is 0 Å². The zero-order chi connectivity index (χ0) is 16.8. The van der Waals surface area contributed by atoms with E-state index in [0.29, 0.717) is 25.4 Å². The van der Waals surface area contributed by atoms with Gasteiger partial charge in [0.05, 0.1) is 25.7 Å². The first kappa shape index (κ1) is 17.4. The van der Waals surface area contributed by atoms with Crippen LogP contribution in [0.15, 0.2) is 18.2 Å². The second kappa shape index (κ2) is 8.08. The summed E-state index contributed by atoms with van der Waals surface area (Å²) in [6.07, 6.45) is 0.366. The lowest BCUT2D eigenvalue weighted by molar-refractivity contribution is -0.143. The van der Waals surface area contributed by atoms with Crippen molar-refractivity contribution in [2.24, 2.45) is 0 Å². The average molecular weight is 321 g/mol. The van der Waals surface area contributed by atoms with Crippen LogP contribution < -0.4 is 4.74 Å². The fourth-order valence-electron chi connectivity index (χ4n) is 2.71. The molecule has 2 rings (SSSR count). The van der Waals surface area contributed by atoms with Gasteiger partial charge in [-0.2, -0.15) is 0 Å². The van der Waals surface area contributed by atoms with Gasteiger partial charge in [-0.15, -0.1) is 0 Å². The van der Waals surface area contributed by atoms with Gasteiger partial charge in [0.2, 0.25) is 0 Å². The monoisotopic (exact) mass is 321 g/mol. The highest BCUT2D eigenvalue weighted by molar-refractivity contribution is 5.75. The maximum Gasteiger partial charge on any atom is 0.325 e. The van der Waals surface area contributed by atoms with E-state index in [9.17, 15) is 9.59 Å². The van der Waals surface area contributed by atoms with Crippen LogP contribution in [0.5, 0.6) is 5.75 Å². The third-order valence-electron chi connectivity index (χ3n) is 3.87. The number of para-hydroxylation sites is 1. The van der Waals surface area contributed by atoms with E-state index < -0.39 is 5.97 Å². The smallest absolute Gasteiger partial charge is 0.325 e. The molecule has 126 valence electrons. The van der Waals surface area contributed by atoms with Crippen LogP contribution in [0.2, 0.25) is 0 Å². The third kappa shape index (κ3) is 5.04. The summed E-state index contributed by atoms with van der Waals surface area (Å²) in [5, 5.41) is 8.83. The number of esters is 1. The summed E-state index contributed by atoms with van der Waals surface area (Å²) in [6.45, 7) is 5.52. The minimum Gasteiger partial charge on any atom is -0.481 e. The minimum absolute atomic E-state index is 0.0523. The molecule has 0 radical (unpaired) electrons. The van der Waals surface area contributed by atoms with Gasteiger partial charge >= 0.3 is 11.9 Å². The summed E-state index contributed by atoms with van der Waals surface area (Å²) in [6, 6.07) is 5.82. The van der Waals surface area contributed by atoms with Crippen LogP contribution in [-0.4, -0.2) is 54.3 Å². The van der Waals surface area contributed by atoms with E-state index >= 15 is 0 Å². The lowest BCUT2D eigenvalue weighted by atomic mass is 10.1. The molecule has 1 N–H and O–H groups in total. The molecule has 0 bridgehead atoms. The van der Waals surface area contributed by atoms with E-state index in [1.807, 2.05) is 36.9 Å². The molecule has 0 aliphatic carbocycles. The van der Waals surface area contributed by atoms with E-state index in [2.05, 4.69) is 0 Å². The van der Waals surface area contributed by atoms with Crippen LogP contribution in [0, 0.1) is 6.92 Å². The first-order valence-corrected chi connectivity index (χ1v) is 7.84. The fraction of sp³-hybridized carbons (Fsp3) is 0.529. The van der Waals surface area contributed by atoms with E-state index in [4.69, 9.17) is 14.6 Å². The zero-order valence-electron chi connectivity index (χ0n) is 13.6. The normalized spacial score (nSPS) is 18.6.